The summed E-state index contributed by atoms with van der Waals surface area (Å²) < 4.78 is 31.5. The van der Waals surface area contributed by atoms with Crippen molar-refractivity contribution in [1.29, 1.82) is 0 Å². The van der Waals surface area contributed by atoms with E-state index >= 15 is 0 Å². The summed E-state index contributed by atoms with van der Waals surface area (Å²) in [7, 11) is 0. The average Bonchev–Trinajstić information content (AvgIpc) is 2.41. The highest BCUT2D eigenvalue weighted by molar-refractivity contribution is 5.83. The number of cyclic esters (lactones) is 1. The van der Waals surface area contributed by atoms with Crippen molar-refractivity contribution < 1.29 is 28.5 Å². The van der Waals surface area contributed by atoms with Gasteiger partial charge in [-0.3, -0.25) is 0 Å². The largest absolute Gasteiger partial charge is 0.449 e. The molecule has 0 bridgehead atoms. The molecule has 1 aliphatic rings. The molecule has 19 heavy (non-hydrogen) atoms. The first-order valence-corrected chi connectivity index (χ1v) is 5.60. The Hall–Kier alpha value is -1.79. The molecule has 102 valence electrons. The van der Waals surface area contributed by atoms with Crippen LogP contribution in [-0.4, -0.2) is 34.3 Å². The number of ether oxygens (including phenoxy) is 1. The zero-order valence-electron chi connectivity index (χ0n) is 9.74. The molecule has 1 aromatic rings. The number of aliphatic hydroxyl groups is 2. The van der Waals surface area contributed by atoms with E-state index in [2.05, 4.69) is 4.74 Å². The lowest BCUT2D eigenvalue weighted by atomic mass is 9.95. The van der Waals surface area contributed by atoms with Gasteiger partial charge in [-0.25, -0.2) is 4.79 Å². The molecule has 1 heterocycles. The number of carbonyl (C=O) groups excluding carboxylic acids is 1. The van der Waals surface area contributed by atoms with Gasteiger partial charge in [-0.1, -0.05) is 30.3 Å². The molecule has 2 rings (SSSR count). The Morgan fingerprint density at radius 1 is 1.21 bits per heavy atom. The average molecular weight is 270 g/mol. The number of carbonyl (C=O) groups is 1. The van der Waals surface area contributed by atoms with Crippen molar-refractivity contribution in [3.63, 3.8) is 0 Å². The number of benzene rings is 1. The van der Waals surface area contributed by atoms with E-state index in [0.29, 0.717) is 12.2 Å². The monoisotopic (exact) mass is 270 g/mol. The number of halogens is 2. The number of hydrogen-bond acceptors (Lipinski definition) is 4. The third-order valence-electron chi connectivity index (χ3n) is 2.84. The van der Waals surface area contributed by atoms with E-state index in [1.807, 2.05) is 0 Å². The molecule has 0 saturated carbocycles. The third-order valence-corrected chi connectivity index (χ3v) is 2.84. The van der Waals surface area contributed by atoms with Crippen LogP contribution in [0.3, 0.4) is 0 Å². The van der Waals surface area contributed by atoms with Crippen LogP contribution in [0, 0.1) is 0 Å². The maximum Gasteiger partial charge on any atom is 0.331 e. The van der Waals surface area contributed by atoms with Crippen molar-refractivity contribution >= 4 is 5.97 Å². The standard InChI is InChI=1S/C13H12F2O4/c14-13(15)7-6-9(16)19-12(13)11(18)10(17)8-4-2-1-3-5-8/h1-7,10-12,17-18H/t10-,11+,12+/m1/s1. The molecule has 1 aromatic carbocycles. The van der Waals surface area contributed by atoms with Gasteiger partial charge in [-0.15, -0.1) is 0 Å². The van der Waals surface area contributed by atoms with Gasteiger partial charge in [0.2, 0.25) is 0 Å². The van der Waals surface area contributed by atoms with Gasteiger partial charge >= 0.3 is 11.9 Å². The highest BCUT2D eigenvalue weighted by Crippen LogP contribution is 2.33. The molecule has 0 amide bonds. The molecule has 1 aliphatic heterocycles. The topological polar surface area (TPSA) is 66.8 Å². The normalized spacial score (nSPS) is 24.6. The van der Waals surface area contributed by atoms with Crippen molar-refractivity contribution in [2.45, 2.75) is 24.2 Å². The van der Waals surface area contributed by atoms with Crippen LogP contribution in [0.4, 0.5) is 8.78 Å². The van der Waals surface area contributed by atoms with Crippen LogP contribution in [0.15, 0.2) is 42.5 Å². The molecule has 0 spiro atoms. The summed E-state index contributed by atoms with van der Waals surface area (Å²) in [6.07, 6.45) is -4.65. The molecule has 0 radical (unpaired) electrons. The fraction of sp³-hybridized carbons (Fsp3) is 0.308. The van der Waals surface area contributed by atoms with Gasteiger partial charge in [0.1, 0.15) is 12.2 Å². The summed E-state index contributed by atoms with van der Waals surface area (Å²) in [4.78, 5) is 11.0. The predicted octanol–water partition coefficient (Wildman–Crippen LogP) is 1.20. The zero-order valence-corrected chi connectivity index (χ0v) is 9.74. The summed E-state index contributed by atoms with van der Waals surface area (Å²) in [6.45, 7) is 0. The van der Waals surface area contributed by atoms with Crippen LogP contribution >= 0.6 is 0 Å². The molecule has 3 atom stereocenters. The highest BCUT2D eigenvalue weighted by Gasteiger charge is 2.49. The van der Waals surface area contributed by atoms with E-state index in [9.17, 15) is 23.8 Å². The number of hydrogen-bond donors (Lipinski definition) is 2. The second kappa shape index (κ2) is 5.07. The van der Waals surface area contributed by atoms with Crippen LogP contribution in [0.5, 0.6) is 0 Å². The van der Waals surface area contributed by atoms with E-state index in [1.165, 1.54) is 12.1 Å². The van der Waals surface area contributed by atoms with Crippen LogP contribution in [0.25, 0.3) is 0 Å². The lowest BCUT2D eigenvalue weighted by Gasteiger charge is -2.32. The van der Waals surface area contributed by atoms with E-state index in [0.717, 1.165) is 0 Å². The maximum atomic E-state index is 13.5. The van der Waals surface area contributed by atoms with Gasteiger partial charge in [0.25, 0.3) is 0 Å². The molecule has 0 aromatic heterocycles. The second-order valence-corrected chi connectivity index (χ2v) is 4.21. The van der Waals surface area contributed by atoms with Crippen molar-refractivity contribution in [2.75, 3.05) is 0 Å². The molecule has 4 nitrogen and oxygen atoms in total. The SMILES string of the molecule is O=C1C=CC(F)(F)[C@H]([C@@H](O)[C@H](O)c2ccccc2)O1. The van der Waals surface area contributed by atoms with E-state index in [1.54, 1.807) is 18.2 Å². The molecular weight excluding hydrogens is 258 g/mol. The Balaban J connectivity index is 2.21. The Morgan fingerprint density at radius 2 is 1.84 bits per heavy atom. The third kappa shape index (κ3) is 2.80. The van der Waals surface area contributed by atoms with Gasteiger partial charge in [-0.2, -0.15) is 8.78 Å². The van der Waals surface area contributed by atoms with Crippen molar-refractivity contribution in [3.05, 3.63) is 48.0 Å². The minimum Gasteiger partial charge on any atom is -0.449 e. The van der Waals surface area contributed by atoms with Gasteiger partial charge in [0.15, 0.2) is 6.10 Å². The maximum absolute atomic E-state index is 13.5. The lowest BCUT2D eigenvalue weighted by Crippen LogP contribution is -2.49. The summed E-state index contributed by atoms with van der Waals surface area (Å²) in [5, 5.41) is 19.7. The minimum atomic E-state index is -3.52. The van der Waals surface area contributed by atoms with Crippen LogP contribution in [-0.2, 0) is 9.53 Å². The highest BCUT2D eigenvalue weighted by atomic mass is 19.3. The second-order valence-electron chi connectivity index (χ2n) is 4.21. The first-order valence-electron chi connectivity index (χ1n) is 5.60. The summed E-state index contributed by atoms with van der Waals surface area (Å²) in [6, 6.07) is 7.83. The first kappa shape index (κ1) is 13.6. The quantitative estimate of drug-likeness (QED) is 0.810. The number of rotatable bonds is 3. The number of aliphatic hydroxyl groups excluding tert-OH is 2. The molecule has 2 N–H and O–H groups in total. The van der Waals surface area contributed by atoms with Gasteiger partial charge in [0, 0.05) is 6.08 Å². The number of esters is 1. The lowest BCUT2D eigenvalue weighted by molar-refractivity contribution is -0.192. The molecule has 0 unspecified atom stereocenters. The summed E-state index contributed by atoms with van der Waals surface area (Å²) >= 11 is 0. The minimum absolute atomic E-state index is 0.261. The summed E-state index contributed by atoms with van der Waals surface area (Å²) in [5.41, 5.74) is 0.261. The Bertz CT molecular complexity index is 487. The van der Waals surface area contributed by atoms with E-state index in [-0.39, 0.29) is 5.56 Å². The zero-order chi connectivity index (χ0) is 14.0. The molecule has 0 aliphatic carbocycles. The Kier molecular flexibility index (Phi) is 3.64. The van der Waals surface area contributed by atoms with Gasteiger partial charge < -0.3 is 14.9 Å². The first-order chi connectivity index (χ1) is 8.92. The fourth-order valence-corrected chi connectivity index (χ4v) is 1.83. The van der Waals surface area contributed by atoms with Crippen LogP contribution < -0.4 is 0 Å². The Labute approximate surface area is 107 Å². The predicted molar refractivity (Wildman–Crippen MR) is 61.4 cm³/mol. The van der Waals surface area contributed by atoms with E-state index in [4.69, 9.17) is 0 Å². The number of alkyl halides is 2. The molecular formula is C13H12F2O4. The van der Waals surface area contributed by atoms with Crippen molar-refractivity contribution in [3.8, 4) is 0 Å². The molecule has 0 fully saturated rings. The van der Waals surface area contributed by atoms with Gasteiger partial charge in [0.05, 0.1) is 0 Å². The Morgan fingerprint density at radius 3 is 2.47 bits per heavy atom. The van der Waals surface area contributed by atoms with E-state index < -0.39 is 30.2 Å². The fourth-order valence-electron chi connectivity index (χ4n) is 1.83. The van der Waals surface area contributed by atoms with Crippen molar-refractivity contribution in [2.24, 2.45) is 0 Å². The smallest absolute Gasteiger partial charge is 0.331 e. The van der Waals surface area contributed by atoms with Crippen LogP contribution in [0.2, 0.25) is 0 Å². The summed E-state index contributed by atoms with van der Waals surface area (Å²) in [5.74, 6) is -4.50. The molecule has 6 heteroatoms. The van der Waals surface area contributed by atoms with Crippen molar-refractivity contribution in [1.82, 2.24) is 0 Å². The molecule has 0 saturated heterocycles. The van der Waals surface area contributed by atoms with Crippen LogP contribution in [0.1, 0.15) is 11.7 Å². The van der Waals surface area contributed by atoms with Gasteiger partial charge in [-0.05, 0) is 11.6 Å².